The number of para-hydroxylation sites is 2. The summed E-state index contributed by atoms with van der Waals surface area (Å²) in [7, 11) is 0. The minimum absolute atomic E-state index is 0.149. The van der Waals surface area contributed by atoms with Crippen LogP contribution in [0.15, 0.2) is 78.9 Å². The second kappa shape index (κ2) is 5.48. The van der Waals surface area contributed by atoms with Crippen LogP contribution in [0.1, 0.15) is 25.0 Å². The van der Waals surface area contributed by atoms with Crippen molar-refractivity contribution in [3.8, 4) is 5.69 Å². The van der Waals surface area contributed by atoms with E-state index in [1.807, 2.05) is 6.07 Å². The molecule has 0 saturated carbocycles. The smallest absolute Gasteiger partial charge is 0.246 e. The standard InChI is InChI=1S/C28H19BN2/c1-28(2)19-16-15-18-17-9-4-6-13-23(17)31-24-14-7-5-10-20(24)29(26(19)27(18)31)21-11-8-12-22(30-3)25(21)28/h4-16H,1-2H3. The predicted molar refractivity (Wildman–Crippen MR) is 130 cm³/mol. The van der Waals surface area contributed by atoms with Gasteiger partial charge in [-0.3, -0.25) is 0 Å². The van der Waals surface area contributed by atoms with Crippen LogP contribution in [0, 0.1) is 6.57 Å². The lowest BCUT2D eigenvalue weighted by molar-refractivity contribution is 0.649. The molecule has 0 atom stereocenters. The van der Waals surface area contributed by atoms with Crippen molar-refractivity contribution in [3.63, 3.8) is 0 Å². The van der Waals surface area contributed by atoms with E-state index in [1.165, 1.54) is 55.0 Å². The van der Waals surface area contributed by atoms with Gasteiger partial charge in [0, 0.05) is 27.4 Å². The first-order valence-electron chi connectivity index (χ1n) is 10.8. The normalized spacial score (nSPS) is 14.9. The van der Waals surface area contributed by atoms with Crippen molar-refractivity contribution in [1.82, 2.24) is 4.57 Å². The molecule has 0 N–H and O–H groups in total. The third-order valence-electron chi connectivity index (χ3n) is 7.46. The van der Waals surface area contributed by atoms with E-state index in [4.69, 9.17) is 6.57 Å². The summed E-state index contributed by atoms with van der Waals surface area (Å²) in [5.74, 6) is 0. The fourth-order valence-electron chi connectivity index (χ4n) is 6.29. The van der Waals surface area contributed by atoms with E-state index in [-0.39, 0.29) is 12.1 Å². The molecule has 1 aromatic heterocycles. The lowest BCUT2D eigenvalue weighted by Crippen LogP contribution is -2.63. The Hall–Kier alpha value is -3.77. The van der Waals surface area contributed by atoms with Crippen molar-refractivity contribution in [2.45, 2.75) is 19.3 Å². The Balaban J connectivity index is 1.78. The SMILES string of the molecule is [C-]#[N+]c1cccc2c1C(C)(C)c1ccc3c4ccccc4n4c3c1B2c1ccccc1-4. The maximum absolute atomic E-state index is 7.85. The van der Waals surface area contributed by atoms with Crippen LogP contribution in [-0.2, 0) is 5.41 Å². The number of benzene rings is 4. The zero-order valence-corrected chi connectivity index (χ0v) is 17.5. The van der Waals surface area contributed by atoms with Crippen molar-refractivity contribution in [3.05, 3.63) is 101 Å². The highest BCUT2D eigenvalue weighted by molar-refractivity contribution is 6.99. The van der Waals surface area contributed by atoms with Crippen LogP contribution in [0.5, 0.6) is 0 Å². The summed E-state index contributed by atoms with van der Waals surface area (Å²) in [5.41, 5.74) is 10.9. The number of fused-ring (bicyclic) bond motifs is 8. The molecule has 0 saturated heterocycles. The van der Waals surface area contributed by atoms with E-state index < -0.39 is 0 Å². The van der Waals surface area contributed by atoms with Crippen molar-refractivity contribution in [2.75, 3.05) is 0 Å². The van der Waals surface area contributed by atoms with Gasteiger partial charge in [0.1, 0.15) is 0 Å². The second-order valence-corrected chi connectivity index (χ2v) is 9.25. The summed E-state index contributed by atoms with van der Waals surface area (Å²) < 4.78 is 2.47. The van der Waals surface area contributed by atoms with Crippen molar-refractivity contribution >= 4 is 50.6 Å². The highest BCUT2D eigenvalue weighted by Gasteiger charge is 2.45. The molecular formula is C28H19BN2. The van der Waals surface area contributed by atoms with E-state index in [0.29, 0.717) is 0 Å². The van der Waals surface area contributed by atoms with Gasteiger partial charge in [-0.05, 0) is 34.2 Å². The minimum atomic E-state index is -0.232. The minimum Gasteiger partial charge on any atom is -0.310 e. The molecule has 4 aromatic carbocycles. The van der Waals surface area contributed by atoms with Gasteiger partial charge >= 0.3 is 0 Å². The highest BCUT2D eigenvalue weighted by atomic mass is 15.0. The fraction of sp³-hybridized carbons (Fsp3) is 0.107. The summed E-state index contributed by atoms with van der Waals surface area (Å²) >= 11 is 0. The Bertz CT molecular complexity index is 1630. The molecule has 2 nitrogen and oxygen atoms in total. The van der Waals surface area contributed by atoms with Gasteiger partial charge < -0.3 is 4.57 Å². The van der Waals surface area contributed by atoms with Gasteiger partial charge in [0.2, 0.25) is 6.71 Å². The molecule has 0 unspecified atom stereocenters. The van der Waals surface area contributed by atoms with Crippen molar-refractivity contribution < 1.29 is 0 Å². The summed E-state index contributed by atoms with van der Waals surface area (Å²) in [5, 5.41) is 2.61. The Kier molecular flexibility index (Phi) is 3.00. The molecule has 3 heterocycles. The Morgan fingerprint density at radius 2 is 1.58 bits per heavy atom. The Morgan fingerprint density at radius 1 is 0.806 bits per heavy atom. The van der Waals surface area contributed by atoms with Gasteiger partial charge in [-0.1, -0.05) is 86.0 Å². The van der Waals surface area contributed by atoms with Crippen molar-refractivity contribution in [1.29, 1.82) is 0 Å². The van der Waals surface area contributed by atoms with Crippen LogP contribution in [0.25, 0.3) is 32.3 Å². The molecule has 7 rings (SSSR count). The van der Waals surface area contributed by atoms with Gasteiger partial charge in [0.05, 0.1) is 12.1 Å². The van der Waals surface area contributed by atoms with Crippen LogP contribution in [0.4, 0.5) is 5.69 Å². The van der Waals surface area contributed by atoms with Crippen LogP contribution in [0.2, 0.25) is 0 Å². The second-order valence-electron chi connectivity index (χ2n) is 9.25. The average Bonchev–Trinajstić information content (AvgIpc) is 3.14. The number of aromatic nitrogens is 1. The quantitative estimate of drug-likeness (QED) is 0.259. The van der Waals surface area contributed by atoms with Gasteiger partial charge in [0.25, 0.3) is 0 Å². The van der Waals surface area contributed by atoms with Crippen LogP contribution >= 0.6 is 0 Å². The maximum Gasteiger partial charge on any atom is 0.246 e. The molecule has 5 aromatic rings. The van der Waals surface area contributed by atoms with Crippen molar-refractivity contribution in [2.24, 2.45) is 0 Å². The first kappa shape index (κ1) is 17.0. The molecule has 2 aliphatic heterocycles. The molecule has 144 valence electrons. The van der Waals surface area contributed by atoms with Gasteiger partial charge in [-0.15, -0.1) is 0 Å². The molecule has 0 spiro atoms. The maximum atomic E-state index is 7.85. The molecular weight excluding hydrogens is 375 g/mol. The largest absolute Gasteiger partial charge is 0.310 e. The molecule has 31 heavy (non-hydrogen) atoms. The Morgan fingerprint density at radius 3 is 2.45 bits per heavy atom. The Labute approximate surface area is 181 Å². The first-order chi connectivity index (χ1) is 15.1. The zero-order valence-electron chi connectivity index (χ0n) is 17.5. The molecule has 0 fully saturated rings. The number of rotatable bonds is 0. The van der Waals surface area contributed by atoms with Gasteiger partial charge in [-0.2, -0.15) is 0 Å². The molecule has 2 aliphatic rings. The summed E-state index contributed by atoms with van der Waals surface area (Å²) in [6.45, 7) is 12.6. The lowest BCUT2D eigenvalue weighted by Gasteiger charge is -2.42. The number of hydrogen-bond donors (Lipinski definition) is 0. The first-order valence-corrected chi connectivity index (χ1v) is 10.8. The zero-order chi connectivity index (χ0) is 20.9. The summed E-state index contributed by atoms with van der Waals surface area (Å²) in [4.78, 5) is 3.93. The van der Waals surface area contributed by atoms with E-state index in [9.17, 15) is 0 Å². The number of hydrogen-bond acceptors (Lipinski definition) is 0. The average molecular weight is 394 g/mol. The highest BCUT2D eigenvalue weighted by Crippen LogP contribution is 2.43. The predicted octanol–water partition coefficient (Wildman–Crippen LogP) is 4.80. The molecule has 0 amide bonds. The third-order valence-corrected chi connectivity index (χ3v) is 7.46. The van der Waals surface area contributed by atoms with Gasteiger partial charge in [0.15, 0.2) is 5.69 Å². The van der Waals surface area contributed by atoms with E-state index >= 15 is 0 Å². The fourth-order valence-corrected chi connectivity index (χ4v) is 6.29. The summed E-state index contributed by atoms with van der Waals surface area (Å²) in [6.07, 6.45) is 0. The van der Waals surface area contributed by atoms with Crippen LogP contribution < -0.4 is 16.4 Å². The van der Waals surface area contributed by atoms with Crippen LogP contribution in [0.3, 0.4) is 0 Å². The van der Waals surface area contributed by atoms with E-state index in [1.54, 1.807) is 0 Å². The van der Waals surface area contributed by atoms with E-state index in [2.05, 4.69) is 96.1 Å². The van der Waals surface area contributed by atoms with Gasteiger partial charge in [-0.25, -0.2) is 4.85 Å². The molecule has 0 radical (unpaired) electrons. The monoisotopic (exact) mass is 394 g/mol. The molecule has 0 bridgehead atoms. The lowest BCUT2D eigenvalue weighted by atomic mass is 9.30. The molecule has 0 aliphatic carbocycles. The topological polar surface area (TPSA) is 9.29 Å². The third kappa shape index (κ3) is 1.85. The molecule has 3 heteroatoms. The van der Waals surface area contributed by atoms with Crippen LogP contribution in [-0.4, -0.2) is 11.3 Å². The summed E-state index contributed by atoms with van der Waals surface area (Å²) in [6, 6.07) is 28.4. The number of nitrogens with zero attached hydrogens (tertiary/aromatic N) is 2. The van der Waals surface area contributed by atoms with E-state index in [0.717, 1.165) is 5.69 Å².